The van der Waals surface area contributed by atoms with E-state index in [0.29, 0.717) is 11.3 Å². The Morgan fingerprint density at radius 3 is 2.41 bits per heavy atom. The topological polar surface area (TPSA) is 111 Å². The van der Waals surface area contributed by atoms with Crippen molar-refractivity contribution in [3.63, 3.8) is 0 Å². The average Bonchev–Trinajstić information content (AvgIpc) is 2.66. The molecule has 0 atom stereocenters. The first-order valence-corrected chi connectivity index (χ1v) is 8.01. The van der Waals surface area contributed by atoms with Gasteiger partial charge in [0.15, 0.2) is 0 Å². The summed E-state index contributed by atoms with van der Waals surface area (Å²) in [5, 5.41) is 25.9. The largest absolute Gasteiger partial charge is 0.546 e. The number of carboxylic acids is 1. The number of amides is 1. The van der Waals surface area contributed by atoms with Gasteiger partial charge in [-0.05, 0) is 52.7 Å². The third-order valence-electron chi connectivity index (χ3n) is 3.73. The first-order chi connectivity index (χ1) is 13.0. The minimum Gasteiger partial charge on any atom is -0.546 e. The van der Waals surface area contributed by atoms with Crippen LogP contribution in [0, 0.1) is 0 Å². The van der Waals surface area contributed by atoms with Gasteiger partial charge in [-0.2, -0.15) is 5.10 Å². The molecule has 0 saturated heterocycles. The summed E-state index contributed by atoms with van der Waals surface area (Å²) in [4.78, 5) is 22.6. The maximum absolute atomic E-state index is 12.2. The van der Waals surface area contributed by atoms with Crippen LogP contribution in [0.5, 0.6) is 11.5 Å². The van der Waals surface area contributed by atoms with Gasteiger partial charge in [0.2, 0.25) is 0 Å². The maximum Gasteiger partial charge on any atom is 0.275 e. The number of phenolic OH excluding ortho intramolecular Hbond substituents is 1. The number of carbonyl (C=O) groups is 2. The van der Waals surface area contributed by atoms with Crippen molar-refractivity contribution in [3.05, 3.63) is 71.8 Å². The second kappa shape index (κ2) is 8.01. The molecule has 0 spiro atoms. The van der Waals surface area contributed by atoms with E-state index >= 15 is 0 Å². The van der Waals surface area contributed by atoms with Gasteiger partial charge in [-0.1, -0.05) is 24.3 Å². The third kappa shape index (κ3) is 4.60. The van der Waals surface area contributed by atoms with Crippen LogP contribution >= 0.6 is 0 Å². The van der Waals surface area contributed by atoms with Crippen LogP contribution in [0.2, 0.25) is 0 Å². The Labute approximate surface area is 154 Å². The highest BCUT2D eigenvalue weighted by Gasteiger charge is 2.11. The molecule has 0 aliphatic heterocycles. The number of carboxylic acid groups (broad SMARTS) is 1. The van der Waals surface area contributed by atoms with E-state index in [1.54, 1.807) is 30.3 Å². The van der Waals surface area contributed by atoms with Crippen molar-refractivity contribution in [2.24, 2.45) is 5.10 Å². The van der Waals surface area contributed by atoms with Gasteiger partial charge in [0.25, 0.3) is 5.91 Å². The zero-order chi connectivity index (χ0) is 19.2. The Bertz CT molecular complexity index is 1010. The fourth-order valence-electron chi connectivity index (χ4n) is 2.43. The molecule has 2 N–H and O–H groups in total. The lowest BCUT2D eigenvalue weighted by atomic mass is 10.1. The number of nitrogens with one attached hydrogen (secondary N) is 1. The molecule has 3 aromatic rings. The lowest BCUT2D eigenvalue weighted by Crippen LogP contribution is -2.28. The quantitative estimate of drug-likeness (QED) is 0.508. The number of benzene rings is 3. The van der Waals surface area contributed by atoms with Crippen LogP contribution in [0.1, 0.15) is 15.9 Å². The van der Waals surface area contributed by atoms with Crippen LogP contribution in [-0.2, 0) is 4.79 Å². The summed E-state index contributed by atoms with van der Waals surface area (Å²) >= 11 is 0. The number of hydrogen-bond donors (Lipinski definition) is 2. The van der Waals surface area contributed by atoms with Crippen LogP contribution in [0.3, 0.4) is 0 Å². The second-order valence-corrected chi connectivity index (χ2v) is 5.65. The van der Waals surface area contributed by atoms with Gasteiger partial charge in [-0.3, -0.25) is 4.79 Å². The molecule has 1 amide bonds. The van der Waals surface area contributed by atoms with E-state index in [1.807, 2.05) is 24.3 Å². The summed E-state index contributed by atoms with van der Waals surface area (Å²) in [6, 6.07) is 16.9. The molecule has 0 heterocycles. The van der Waals surface area contributed by atoms with E-state index in [0.717, 1.165) is 10.8 Å². The van der Waals surface area contributed by atoms with Crippen LogP contribution < -0.4 is 15.3 Å². The van der Waals surface area contributed by atoms with Crippen molar-refractivity contribution in [2.75, 3.05) is 6.61 Å². The second-order valence-electron chi connectivity index (χ2n) is 5.65. The normalized spacial score (nSPS) is 10.8. The van der Waals surface area contributed by atoms with E-state index < -0.39 is 18.5 Å². The number of aliphatic carboxylic acids is 1. The smallest absolute Gasteiger partial charge is 0.275 e. The van der Waals surface area contributed by atoms with Gasteiger partial charge in [0.05, 0.1) is 17.7 Å². The molecule has 0 saturated carbocycles. The van der Waals surface area contributed by atoms with Gasteiger partial charge in [-0.15, -0.1) is 0 Å². The standard InChI is InChI=1S/C20H16N2O5/c23-18-10-15-4-2-1-3-14(15)9-17(18)20(26)22-21-11-13-5-7-16(8-6-13)27-12-19(24)25/h1-11,23H,12H2,(H,22,26)(H,24,25)/p-1/b21-11-. The number of rotatable bonds is 6. The molecular formula is C20H15N2O5-. The summed E-state index contributed by atoms with van der Waals surface area (Å²) < 4.78 is 4.97. The van der Waals surface area contributed by atoms with Crippen LogP contribution in [0.25, 0.3) is 10.8 Å². The molecule has 0 unspecified atom stereocenters. The Morgan fingerprint density at radius 2 is 1.74 bits per heavy atom. The molecule has 0 aromatic heterocycles. The summed E-state index contributed by atoms with van der Waals surface area (Å²) in [7, 11) is 0. The predicted octanol–water partition coefficient (Wildman–Crippen LogP) is 1.44. The van der Waals surface area contributed by atoms with Crippen LogP contribution in [0.15, 0.2) is 65.8 Å². The minimum absolute atomic E-state index is 0.122. The van der Waals surface area contributed by atoms with Crippen molar-refractivity contribution in [1.29, 1.82) is 0 Å². The summed E-state index contributed by atoms with van der Waals surface area (Å²) in [5.41, 5.74) is 3.15. The van der Waals surface area contributed by atoms with E-state index in [-0.39, 0.29) is 11.3 Å². The zero-order valence-corrected chi connectivity index (χ0v) is 14.1. The molecule has 7 heteroatoms. The number of carbonyl (C=O) groups excluding carboxylic acids is 2. The molecule has 3 aromatic carbocycles. The highest BCUT2D eigenvalue weighted by atomic mass is 16.5. The van der Waals surface area contributed by atoms with E-state index in [2.05, 4.69) is 10.5 Å². The van der Waals surface area contributed by atoms with Gasteiger partial charge in [-0.25, -0.2) is 5.43 Å². The fourth-order valence-corrected chi connectivity index (χ4v) is 2.43. The Kier molecular flexibility index (Phi) is 5.32. The van der Waals surface area contributed by atoms with E-state index in [4.69, 9.17) is 4.74 Å². The molecular weight excluding hydrogens is 348 g/mol. The van der Waals surface area contributed by atoms with Crippen molar-refractivity contribution in [1.82, 2.24) is 5.43 Å². The predicted molar refractivity (Wildman–Crippen MR) is 97.6 cm³/mol. The Balaban J connectivity index is 1.65. The highest BCUT2D eigenvalue weighted by molar-refractivity contribution is 6.01. The average molecular weight is 363 g/mol. The number of hydrazone groups is 1. The number of fused-ring (bicyclic) bond motifs is 1. The van der Waals surface area contributed by atoms with Gasteiger partial charge in [0, 0.05) is 0 Å². The number of aromatic hydroxyl groups is 1. The highest BCUT2D eigenvalue weighted by Crippen LogP contribution is 2.24. The maximum atomic E-state index is 12.2. The zero-order valence-electron chi connectivity index (χ0n) is 14.1. The molecule has 3 rings (SSSR count). The molecule has 0 fully saturated rings. The lowest BCUT2D eigenvalue weighted by molar-refractivity contribution is -0.307. The molecule has 7 nitrogen and oxygen atoms in total. The SMILES string of the molecule is O=C([O-])COc1ccc(/C=N\NC(=O)c2cc3ccccc3cc2O)cc1. The number of ether oxygens (including phenoxy) is 1. The molecule has 0 aliphatic carbocycles. The molecule has 0 bridgehead atoms. The Hall–Kier alpha value is -3.87. The van der Waals surface area contributed by atoms with Gasteiger partial charge < -0.3 is 19.7 Å². The van der Waals surface area contributed by atoms with E-state index in [9.17, 15) is 19.8 Å². The van der Waals surface area contributed by atoms with Crippen molar-refractivity contribution in [3.8, 4) is 11.5 Å². The number of hydrogen-bond acceptors (Lipinski definition) is 6. The summed E-state index contributed by atoms with van der Waals surface area (Å²) in [5.74, 6) is -1.60. The first-order valence-electron chi connectivity index (χ1n) is 8.01. The van der Waals surface area contributed by atoms with Crippen molar-refractivity contribution in [2.45, 2.75) is 0 Å². The monoisotopic (exact) mass is 363 g/mol. The third-order valence-corrected chi connectivity index (χ3v) is 3.73. The van der Waals surface area contributed by atoms with Gasteiger partial charge >= 0.3 is 0 Å². The molecule has 0 aliphatic rings. The summed E-state index contributed by atoms with van der Waals surface area (Å²) in [6.45, 7) is -0.529. The van der Waals surface area contributed by atoms with Crippen LogP contribution in [-0.4, -0.2) is 29.8 Å². The molecule has 27 heavy (non-hydrogen) atoms. The first kappa shape index (κ1) is 17.9. The molecule has 136 valence electrons. The van der Waals surface area contributed by atoms with Crippen LogP contribution in [0.4, 0.5) is 0 Å². The fraction of sp³-hybridized carbons (Fsp3) is 0.0500. The van der Waals surface area contributed by atoms with Crippen molar-refractivity contribution < 1.29 is 24.5 Å². The minimum atomic E-state index is -1.31. The number of nitrogens with zero attached hydrogens (tertiary/aromatic N) is 1. The van der Waals surface area contributed by atoms with Gasteiger partial charge in [0.1, 0.15) is 18.1 Å². The Morgan fingerprint density at radius 1 is 1.07 bits per heavy atom. The number of phenols is 1. The van der Waals surface area contributed by atoms with E-state index in [1.165, 1.54) is 12.3 Å². The summed E-state index contributed by atoms with van der Waals surface area (Å²) in [6.07, 6.45) is 1.42. The molecule has 0 radical (unpaired) electrons. The lowest BCUT2D eigenvalue weighted by Gasteiger charge is -2.06. The van der Waals surface area contributed by atoms with Crippen molar-refractivity contribution >= 4 is 28.9 Å².